The molecule has 0 radical (unpaired) electrons. The molecule has 0 aliphatic heterocycles. The van der Waals surface area contributed by atoms with Crippen LogP contribution >= 0.6 is 11.3 Å². The first-order valence-electron chi connectivity index (χ1n) is 5.22. The van der Waals surface area contributed by atoms with Crippen molar-refractivity contribution >= 4 is 28.3 Å². The maximum absolute atomic E-state index is 11.6. The van der Waals surface area contributed by atoms with Crippen LogP contribution in [0.3, 0.4) is 0 Å². The molecule has 94 valence electrons. The number of anilines is 1. The number of aromatic nitrogens is 2. The fourth-order valence-electron chi connectivity index (χ4n) is 1.05. The zero-order valence-electron chi connectivity index (χ0n) is 9.69. The molecule has 1 heterocycles. The normalized spacial score (nSPS) is 11.9. The third-order valence-electron chi connectivity index (χ3n) is 1.92. The van der Waals surface area contributed by atoms with E-state index in [2.05, 4.69) is 20.8 Å². The summed E-state index contributed by atoms with van der Waals surface area (Å²) in [6.07, 6.45) is 0.847. The van der Waals surface area contributed by atoms with Crippen LogP contribution in [-0.4, -0.2) is 34.6 Å². The van der Waals surface area contributed by atoms with Crippen molar-refractivity contribution in [3.05, 3.63) is 5.01 Å². The second-order valence-corrected chi connectivity index (χ2v) is 4.44. The zero-order valence-corrected chi connectivity index (χ0v) is 10.5. The van der Waals surface area contributed by atoms with Gasteiger partial charge in [-0.3, -0.25) is 9.59 Å². The van der Waals surface area contributed by atoms with E-state index in [0.717, 1.165) is 17.8 Å². The number of rotatable bonds is 5. The predicted molar refractivity (Wildman–Crippen MR) is 64.6 cm³/mol. The van der Waals surface area contributed by atoms with Gasteiger partial charge in [-0.05, 0) is 13.3 Å². The Bertz CT molecular complexity index is 406. The molecule has 1 aromatic heterocycles. The van der Waals surface area contributed by atoms with Crippen LogP contribution < -0.4 is 16.4 Å². The Labute approximate surface area is 103 Å². The fraction of sp³-hybridized carbons (Fsp3) is 0.556. The number of nitrogen functional groups attached to an aromatic ring is 1. The summed E-state index contributed by atoms with van der Waals surface area (Å²) in [6.45, 7) is 4.14. The molecule has 4 N–H and O–H groups in total. The summed E-state index contributed by atoms with van der Waals surface area (Å²) < 4.78 is 0. The van der Waals surface area contributed by atoms with Crippen LogP contribution in [0.4, 0.5) is 5.13 Å². The monoisotopic (exact) mass is 257 g/mol. The Morgan fingerprint density at radius 2 is 2.18 bits per heavy atom. The minimum absolute atomic E-state index is 0.151. The maximum atomic E-state index is 11.6. The molecule has 0 saturated heterocycles. The summed E-state index contributed by atoms with van der Waals surface area (Å²) in [5.41, 5.74) is 5.36. The van der Waals surface area contributed by atoms with Gasteiger partial charge in [0.25, 0.3) is 5.91 Å². The van der Waals surface area contributed by atoms with E-state index in [1.165, 1.54) is 0 Å². The smallest absolute Gasteiger partial charge is 0.282 e. The number of hydrogen-bond donors (Lipinski definition) is 3. The van der Waals surface area contributed by atoms with E-state index < -0.39 is 11.9 Å². The summed E-state index contributed by atoms with van der Waals surface area (Å²) >= 11 is 0.979. The predicted octanol–water partition coefficient (Wildman–Crippen LogP) is -0.235. The van der Waals surface area contributed by atoms with E-state index in [9.17, 15) is 9.59 Å². The highest BCUT2D eigenvalue weighted by Gasteiger charge is 2.18. The molecule has 1 unspecified atom stereocenters. The second kappa shape index (κ2) is 6.14. The summed E-state index contributed by atoms with van der Waals surface area (Å²) in [6, 6.07) is -0.612. The van der Waals surface area contributed by atoms with Gasteiger partial charge in [-0.25, -0.2) is 0 Å². The number of nitrogens with zero attached hydrogens (tertiary/aromatic N) is 2. The molecule has 8 heteroatoms. The number of carbonyl (C=O) groups excluding carboxylic acids is 2. The van der Waals surface area contributed by atoms with Gasteiger partial charge < -0.3 is 16.4 Å². The number of nitrogens with two attached hydrogens (primary N) is 1. The molecule has 1 aromatic rings. The van der Waals surface area contributed by atoms with Crippen molar-refractivity contribution in [2.75, 3.05) is 12.3 Å². The summed E-state index contributed by atoms with van der Waals surface area (Å²) in [7, 11) is 0. The summed E-state index contributed by atoms with van der Waals surface area (Å²) in [5, 5.41) is 12.7. The third kappa shape index (κ3) is 3.99. The minimum atomic E-state index is -0.612. The van der Waals surface area contributed by atoms with Crippen LogP contribution in [0.1, 0.15) is 30.1 Å². The average molecular weight is 257 g/mol. The first-order chi connectivity index (χ1) is 8.04. The van der Waals surface area contributed by atoms with E-state index in [1.807, 2.05) is 6.92 Å². The Balaban J connectivity index is 2.48. The number of amides is 2. The number of nitrogens with one attached hydrogen (secondary N) is 2. The Morgan fingerprint density at radius 3 is 2.71 bits per heavy atom. The van der Waals surface area contributed by atoms with Crippen molar-refractivity contribution in [1.82, 2.24) is 20.8 Å². The molecule has 1 rings (SSSR count). The minimum Gasteiger partial charge on any atom is -0.374 e. The fourth-order valence-corrected chi connectivity index (χ4v) is 1.56. The van der Waals surface area contributed by atoms with Crippen molar-refractivity contribution in [3.63, 3.8) is 0 Å². The van der Waals surface area contributed by atoms with Crippen molar-refractivity contribution < 1.29 is 9.59 Å². The molecular weight excluding hydrogens is 242 g/mol. The van der Waals surface area contributed by atoms with Crippen molar-refractivity contribution in [2.45, 2.75) is 26.3 Å². The molecule has 2 amide bonds. The first-order valence-corrected chi connectivity index (χ1v) is 6.03. The highest BCUT2D eigenvalue weighted by atomic mass is 32.1. The average Bonchev–Trinajstić information content (AvgIpc) is 2.72. The highest BCUT2D eigenvalue weighted by Crippen LogP contribution is 2.10. The maximum Gasteiger partial charge on any atom is 0.282 e. The standard InChI is InChI=1S/C9H15N5O2S/c1-3-4-11-6(15)5(2)12-7(16)8-13-14-9(10)17-8/h5H,3-4H2,1-2H3,(H2,10,14)(H,11,15)(H,12,16). The highest BCUT2D eigenvalue weighted by molar-refractivity contribution is 7.16. The lowest BCUT2D eigenvalue weighted by molar-refractivity contribution is -0.122. The van der Waals surface area contributed by atoms with E-state index >= 15 is 0 Å². The molecule has 1 atom stereocenters. The van der Waals surface area contributed by atoms with Gasteiger partial charge in [0, 0.05) is 6.54 Å². The van der Waals surface area contributed by atoms with Crippen LogP contribution in [-0.2, 0) is 4.79 Å². The van der Waals surface area contributed by atoms with Gasteiger partial charge >= 0.3 is 0 Å². The van der Waals surface area contributed by atoms with Gasteiger partial charge in [-0.2, -0.15) is 0 Å². The van der Waals surface area contributed by atoms with Gasteiger partial charge in [0.05, 0.1) is 0 Å². The van der Waals surface area contributed by atoms with Gasteiger partial charge in [0.2, 0.25) is 16.0 Å². The molecule has 0 aromatic carbocycles. The Hall–Kier alpha value is -1.70. The van der Waals surface area contributed by atoms with E-state index in [1.54, 1.807) is 6.92 Å². The third-order valence-corrected chi connectivity index (χ3v) is 2.68. The van der Waals surface area contributed by atoms with Gasteiger partial charge in [-0.15, -0.1) is 10.2 Å². The Morgan fingerprint density at radius 1 is 1.47 bits per heavy atom. The SMILES string of the molecule is CCCNC(=O)C(C)NC(=O)c1nnc(N)s1. The van der Waals surface area contributed by atoms with Crippen molar-refractivity contribution in [2.24, 2.45) is 0 Å². The molecule has 0 aliphatic carbocycles. The molecule has 0 aliphatic rings. The van der Waals surface area contributed by atoms with Crippen molar-refractivity contribution in [3.8, 4) is 0 Å². The van der Waals surface area contributed by atoms with Gasteiger partial charge in [0.1, 0.15) is 6.04 Å². The van der Waals surface area contributed by atoms with Crippen LogP contribution in [0.15, 0.2) is 0 Å². The first kappa shape index (κ1) is 13.4. The lowest BCUT2D eigenvalue weighted by Gasteiger charge is -2.12. The molecule has 0 spiro atoms. The zero-order chi connectivity index (χ0) is 12.8. The molecule has 0 fully saturated rings. The molecule has 7 nitrogen and oxygen atoms in total. The molecule has 17 heavy (non-hydrogen) atoms. The molecule has 0 saturated carbocycles. The van der Waals surface area contributed by atoms with Crippen molar-refractivity contribution in [1.29, 1.82) is 0 Å². The summed E-state index contributed by atoms with van der Waals surface area (Å²) in [4.78, 5) is 23.1. The molecular formula is C9H15N5O2S. The van der Waals surface area contributed by atoms with Gasteiger partial charge in [-0.1, -0.05) is 18.3 Å². The topological polar surface area (TPSA) is 110 Å². The lowest BCUT2D eigenvalue weighted by Crippen LogP contribution is -2.45. The van der Waals surface area contributed by atoms with E-state index in [4.69, 9.17) is 5.73 Å². The van der Waals surface area contributed by atoms with Crippen LogP contribution in [0.2, 0.25) is 0 Å². The Kier molecular flexibility index (Phi) is 4.83. The van der Waals surface area contributed by atoms with E-state index in [-0.39, 0.29) is 16.0 Å². The lowest BCUT2D eigenvalue weighted by atomic mass is 10.3. The van der Waals surface area contributed by atoms with E-state index in [0.29, 0.717) is 6.54 Å². The second-order valence-electron chi connectivity index (χ2n) is 3.43. The molecule has 0 bridgehead atoms. The van der Waals surface area contributed by atoms with Gasteiger partial charge in [0.15, 0.2) is 0 Å². The number of hydrogen-bond acceptors (Lipinski definition) is 6. The van der Waals surface area contributed by atoms with Crippen LogP contribution in [0.5, 0.6) is 0 Å². The largest absolute Gasteiger partial charge is 0.374 e. The van der Waals surface area contributed by atoms with Crippen LogP contribution in [0.25, 0.3) is 0 Å². The summed E-state index contributed by atoms with van der Waals surface area (Å²) in [5.74, 6) is -0.670. The van der Waals surface area contributed by atoms with Crippen LogP contribution in [0, 0.1) is 0 Å². The quantitative estimate of drug-likeness (QED) is 0.674. The number of carbonyl (C=O) groups is 2.